The number of hydrogen-bond acceptors (Lipinski definition) is 4. The zero-order valence-corrected chi connectivity index (χ0v) is 18.5. The van der Waals surface area contributed by atoms with E-state index in [0.29, 0.717) is 12.3 Å². The van der Waals surface area contributed by atoms with Crippen molar-refractivity contribution in [2.24, 2.45) is 0 Å². The van der Waals surface area contributed by atoms with E-state index in [4.69, 9.17) is 0 Å². The van der Waals surface area contributed by atoms with Gasteiger partial charge in [0, 0.05) is 23.1 Å². The lowest BCUT2D eigenvalue weighted by atomic mass is 10.1. The minimum absolute atomic E-state index is 0.186. The predicted octanol–water partition coefficient (Wildman–Crippen LogP) is 4.86. The molecular formula is C22H23BrN4OS. The predicted molar refractivity (Wildman–Crippen MR) is 120 cm³/mol. The molecule has 0 aliphatic carbocycles. The maximum Gasteiger partial charge on any atom is 0.233 e. The van der Waals surface area contributed by atoms with Crippen LogP contribution in [0.25, 0.3) is 11.4 Å². The number of nitrogens with zero attached hydrogens (tertiary/aromatic N) is 4. The summed E-state index contributed by atoms with van der Waals surface area (Å²) in [7, 11) is 0. The van der Waals surface area contributed by atoms with Crippen LogP contribution in [0.4, 0.5) is 0 Å². The number of piperidine rings is 1. The number of thioether (sulfide) groups is 1. The highest BCUT2D eigenvalue weighted by molar-refractivity contribution is 9.10. The monoisotopic (exact) mass is 470 g/mol. The molecule has 3 aromatic rings. The Kier molecular flexibility index (Phi) is 6.67. The summed E-state index contributed by atoms with van der Waals surface area (Å²) in [6.07, 6.45) is 3.43. The molecule has 0 N–H and O–H groups in total. The van der Waals surface area contributed by atoms with Crippen molar-refractivity contribution in [3.05, 3.63) is 64.6 Å². The molecule has 0 atom stereocenters. The number of benzene rings is 2. The summed E-state index contributed by atoms with van der Waals surface area (Å²) >= 11 is 5.10. The third-order valence-corrected chi connectivity index (χ3v) is 6.69. The van der Waals surface area contributed by atoms with Crippen molar-refractivity contribution in [1.82, 2.24) is 19.7 Å². The summed E-state index contributed by atoms with van der Waals surface area (Å²) in [6.45, 7) is 2.40. The van der Waals surface area contributed by atoms with Gasteiger partial charge in [0.05, 0.1) is 12.3 Å². The standard InChI is InChI=1S/C22H23BrN4OS/c23-19-12-6-5-11-18(19)21-24-25-22(27(21)15-17-9-3-1-4-10-17)29-16-20(28)26-13-7-2-8-14-26/h1,3-6,9-12H,2,7-8,13-16H2. The number of carbonyl (C=O) groups is 1. The second-order valence-corrected chi connectivity index (χ2v) is 8.88. The molecule has 7 heteroatoms. The van der Waals surface area contributed by atoms with Crippen LogP contribution in [0.15, 0.2) is 64.2 Å². The zero-order chi connectivity index (χ0) is 20.1. The van der Waals surface area contributed by atoms with Crippen molar-refractivity contribution < 1.29 is 4.79 Å². The first-order valence-corrected chi connectivity index (χ1v) is 11.6. The number of rotatable bonds is 6. The van der Waals surface area contributed by atoms with Gasteiger partial charge >= 0.3 is 0 Å². The van der Waals surface area contributed by atoms with E-state index >= 15 is 0 Å². The molecular weight excluding hydrogens is 448 g/mol. The van der Waals surface area contributed by atoms with E-state index in [-0.39, 0.29) is 5.91 Å². The number of amides is 1. The van der Waals surface area contributed by atoms with Crippen LogP contribution in [0, 0.1) is 0 Å². The summed E-state index contributed by atoms with van der Waals surface area (Å²) in [6, 6.07) is 18.3. The lowest BCUT2D eigenvalue weighted by molar-refractivity contribution is -0.129. The molecule has 1 amide bonds. The lowest BCUT2D eigenvalue weighted by Gasteiger charge is -2.26. The maximum absolute atomic E-state index is 12.6. The Bertz CT molecular complexity index is 970. The fraction of sp³-hybridized carbons (Fsp3) is 0.318. The van der Waals surface area contributed by atoms with Crippen molar-refractivity contribution in [1.29, 1.82) is 0 Å². The van der Waals surface area contributed by atoms with Gasteiger partial charge in [-0.15, -0.1) is 10.2 Å². The van der Waals surface area contributed by atoms with Gasteiger partial charge < -0.3 is 4.90 Å². The van der Waals surface area contributed by atoms with Crippen molar-refractivity contribution in [2.75, 3.05) is 18.8 Å². The first kappa shape index (κ1) is 20.2. The first-order valence-electron chi connectivity index (χ1n) is 9.85. The summed E-state index contributed by atoms with van der Waals surface area (Å²) < 4.78 is 3.08. The van der Waals surface area contributed by atoms with Crippen LogP contribution in [-0.2, 0) is 11.3 Å². The summed E-state index contributed by atoms with van der Waals surface area (Å²) in [4.78, 5) is 14.6. The molecule has 150 valence electrons. The van der Waals surface area contributed by atoms with Crippen molar-refractivity contribution >= 4 is 33.6 Å². The highest BCUT2D eigenvalue weighted by Gasteiger charge is 2.20. The quantitative estimate of drug-likeness (QED) is 0.482. The van der Waals surface area contributed by atoms with Crippen LogP contribution >= 0.6 is 27.7 Å². The van der Waals surface area contributed by atoms with Gasteiger partial charge in [0.15, 0.2) is 11.0 Å². The zero-order valence-electron chi connectivity index (χ0n) is 16.1. The van der Waals surface area contributed by atoms with Gasteiger partial charge in [0.2, 0.25) is 5.91 Å². The fourth-order valence-electron chi connectivity index (χ4n) is 3.51. The molecule has 2 aromatic carbocycles. The molecule has 1 aliphatic rings. The van der Waals surface area contributed by atoms with E-state index in [2.05, 4.69) is 42.8 Å². The number of aromatic nitrogens is 3. The van der Waals surface area contributed by atoms with Crippen LogP contribution in [0.1, 0.15) is 24.8 Å². The van der Waals surface area contributed by atoms with E-state index in [0.717, 1.165) is 46.9 Å². The van der Waals surface area contributed by atoms with Gasteiger partial charge in [-0.1, -0.05) is 76.2 Å². The molecule has 0 spiro atoms. The lowest BCUT2D eigenvalue weighted by Crippen LogP contribution is -2.36. The normalized spacial score (nSPS) is 14.2. The molecule has 1 aliphatic heterocycles. The average Bonchev–Trinajstić information content (AvgIpc) is 3.16. The molecule has 1 saturated heterocycles. The number of likely N-dealkylation sites (tertiary alicyclic amines) is 1. The molecule has 1 aromatic heterocycles. The van der Waals surface area contributed by atoms with Gasteiger partial charge in [-0.25, -0.2) is 0 Å². The SMILES string of the molecule is O=C(CSc1nnc(-c2ccccc2Br)n1Cc1ccccc1)N1CCCCC1. The van der Waals surface area contributed by atoms with Gasteiger partial charge in [-0.2, -0.15) is 0 Å². The van der Waals surface area contributed by atoms with Crippen LogP contribution < -0.4 is 0 Å². The smallest absolute Gasteiger partial charge is 0.233 e. The third kappa shape index (κ3) is 4.90. The molecule has 0 saturated carbocycles. The summed E-state index contributed by atoms with van der Waals surface area (Å²) in [5.41, 5.74) is 2.16. The number of hydrogen-bond donors (Lipinski definition) is 0. The van der Waals surface area contributed by atoms with E-state index in [1.807, 2.05) is 47.4 Å². The van der Waals surface area contributed by atoms with Crippen molar-refractivity contribution in [3.8, 4) is 11.4 Å². The Morgan fingerprint density at radius 3 is 2.45 bits per heavy atom. The van der Waals surface area contributed by atoms with Gasteiger partial charge in [-0.3, -0.25) is 9.36 Å². The Balaban J connectivity index is 1.59. The van der Waals surface area contributed by atoms with Crippen LogP contribution in [0.2, 0.25) is 0 Å². The average molecular weight is 471 g/mol. The van der Waals surface area contributed by atoms with Crippen molar-refractivity contribution in [3.63, 3.8) is 0 Å². The van der Waals surface area contributed by atoms with E-state index < -0.39 is 0 Å². The van der Waals surface area contributed by atoms with Crippen LogP contribution in [0.5, 0.6) is 0 Å². The van der Waals surface area contributed by atoms with E-state index in [9.17, 15) is 4.79 Å². The minimum atomic E-state index is 0.186. The second kappa shape index (κ2) is 9.59. The first-order chi connectivity index (χ1) is 14.2. The molecule has 0 bridgehead atoms. The number of halogens is 1. The van der Waals surface area contributed by atoms with Crippen LogP contribution in [0.3, 0.4) is 0 Å². The van der Waals surface area contributed by atoms with Crippen LogP contribution in [-0.4, -0.2) is 44.4 Å². The van der Waals surface area contributed by atoms with E-state index in [1.165, 1.54) is 23.7 Å². The second-order valence-electron chi connectivity index (χ2n) is 7.09. The van der Waals surface area contributed by atoms with E-state index in [1.54, 1.807) is 0 Å². The summed E-state index contributed by atoms with van der Waals surface area (Å²) in [5.74, 6) is 1.38. The number of carbonyl (C=O) groups excluding carboxylic acids is 1. The highest BCUT2D eigenvalue weighted by Crippen LogP contribution is 2.30. The van der Waals surface area contributed by atoms with Crippen molar-refractivity contribution in [2.45, 2.75) is 31.0 Å². The Hall–Kier alpha value is -2.12. The third-order valence-electron chi connectivity index (χ3n) is 5.05. The Morgan fingerprint density at radius 1 is 0.966 bits per heavy atom. The Morgan fingerprint density at radius 2 is 1.69 bits per heavy atom. The van der Waals surface area contributed by atoms with Gasteiger partial charge in [0.1, 0.15) is 0 Å². The highest BCUT2D eigenvalue weighted by atomic mass is 79.9. The minimum Gasteiger partial charge on any atom is -0.342 e. The fourth-order valence-corrected chi connectivity index (χ4v) is 4.81. The maximum atomic E-state index is 12.6. The molecule has 5 nitrogen and oxygen atoms in total. The largest absolute Gasteiger partial charge is 0.342 e. The molecule has 0 radical (unpaired) electrons. The summed E-state index contributed by atoms with van der Waals surface area (Å²) in [5, 5.41) is 9.67. The van der Waals surface area contributed by atoms with Gasteiger partial charge in [0.25, 0.3) is 0 Å². The van der Waals surface area contributed by atoms with Gasteiger partial charge in [-0.05, 0) is 30.9 Å². The molecule has 2 heterocycles. The molecule has 0 unspecified atom stereocenters. The molecule has 4 rings (SSSR count). The molecule has 1 fully saturated rings. The topological polar surface area (TPSA) is 51.0 Å². The molecule has 29 heavy (non-hydrogen) atoms. The Labute approximate surface area is 183 Å².